The SMILES string of the molecule is CCCOc1ccc(OCC(=O)NC(C)c2ccc(F)cc2F)cc1. The first kappa shape index (κ1) is 18.7. The van der Waals surface area contributed by atoms with Gasteiger partial charge in [-0.05, 0) is 43.7 Å². The second-order valence-electron chi connectivity index (χ2n) is 5.56. The molecule has 25 heavy (non-hydrogen) atoms. The highest BCUT2D eigenvalue weighted by Gasteiger charge is 2.14. The molecule has 6 heteroatoms. The zero-order valence-corrected chi connectivity index (χ0v) is 14.2. The van der Waals surface area contributed by atoms with Gasteiger partial charge in [0.2, 0.25) is 0 Å². The lowest BCUT2D eigenvalue weighted by Crippen LogP contribution is -2.31. The second-order valence-corrected chi connectivity index (χ2v) is 5.56. The summed E-state index contributed by atoms with van der Waals surface area (Å²) in [4.78, 5) is 11.9. The van der Waals surface area contributed by atoms with Crippen molar-refractivity contribution in [3.05, 3.63) is 59.7 Å². The van der Waals surface area contributed by atoms with Crippen molar-refractivity contribution < 1.29 is 23.0 Å². The van der Waals surface area contributed by atoms with Crippen molar-refractivity contribution in [3.8, 4) is 11.5 Å². The number of ether oxygens (including phenoxy) is 2. The quantitative estimate of drug-likeness (QED) is 0.783. The highest BCUT2D eigenvalue weighted by Crippen LogP contribution is 2.19. The molecule has 1 amide bonds. The van der Waals surface area contributed by atoms with Gasteiger partial charge in [0.15, 0.2) is 6.61 Å². The Morgan fingerprint density at radius 1 is 1.08 bits per heavy atom. The monoisotopic (exact) mass is 349 g/mol. The molecule has 0 radical (unpaired) electrons. The summed E-state index contributed by atoms with van der Waals surface area (Å²) < 4.78 is 37.5. The molecule has 0 aliphatic heterocycles. The lowest BCUT2D eigenvalue weighted by molar-refractivity contribution is -0.123. The summed E-state index contributed by atoms with van der Waals surface area (Å²) in [6, 6.07) is 9.60. The van der Waals surface area contributed by atoms with Crippen molar-refractivity contribution in [2.24, 2.45) is 0 Å². The van der Waals surface area contributed by atoms with Gasteiger partial charge in [-0.15, -0.1) is 0 Å². The number of carbonyl (C=O) groups is 1. The van der Waals surface area contributed by atoms with Crippen LogP contribution in [0.25, 0.3) is 0 Å². The van der Waals surface area contributed by atoms with Gasteiger partial charge < -0.3 is 14.8 Å². The Morgan fingerprint density at radius 3 is 2.32 bits per heavy atom. The van der Waals surface area contributed by atoms with Crippen molar-refractivity contribution in [2.75, 3.05) is 13.2 Å². The molecule has 0 heterocycles. The fourth-order valence-corrected chi connectivity index (χ4v) is 2.21. The van der Waals surface area contributed by atoms with Crippen LogP contribution in [0.4, 0.5) is 8.78 Å². The molecule has 0 bridgehead atoms. The van der Waals surface area contributed by atoms with Crippen molar-refractivity contribution in [1.82, 2.24) is 5.32 Å². The Bertz CT molecular complexity index is 704. The van der Waals surface area contributed by atoms with Gasteiger partial charge in [0, 0.05) is 11.6 Å². The van der Waals surface area contributed by atoms with E-state index in [1.165, 1.54) is 6.07 Å². The van der Waals surface area contributed by atoms with Gasteiger partial charge in [-0.25, -0.2) is 8.78 Å². The molecule has 0 saturated carbocycles. The predicted octanol–water partition coefficient (Wildman–Crippen LogP) is 4.01. The topological polar surface area (TPSA) is 47.6 Å². The second kappa shape index (κ2) is 9.01. The number of halogens is 2. The van der Waals surface area contributed by atoms with Crippen LogP contribution in [-0.4, -0.2) is 19.1 Å². The van der Waals surface area contributed by atoms with Crippen LogP contribution in [0.15, 0.2) is 42.5 Å². The third-order valence-electron chi connectivity index (χ3n) is 3.47. The highest BCUT2D eigenvalue weighted by molar-refractivity contribution is 5.78. The number of carbonyl (C=O) groups excluding carboxylic acids is 1. The van der Waals surface area contributed by atoms with Crippen molar-refractivity contribution in [2.45, 2.75) is 26.3 Å². The summed E-state index contributed by atoms with van der Waals surface area (Å²) in [5.41, 5.74) is 0.215. The van der Waals surface area contributed by atoms with Crippen LogP contribution in [0.5, 0.6) is 11.5 Å². The summed E-state index contributed by atoms with van der Waals surface area (Å²) in [7, 11) is 0. The maximum atomic E-state index is 13.7. The van der Waals surface area contributed by atoms with E-state index < -0.39 is 23.6 Å². The lowest BCUT2D eigenvalue weighted by Gasteiger charge is -2.15. The van der Waals surface area contributed by atoms with E-state index in [0.717, 1.165) is 24.3 Å². The third kappa shape index (κ3) is 5.74. The standard InChI is InChI=1S/C19H21F2NO3/c1-3-10-24-15-5-7-16(8-6-15)25-12-19(23)22-13(2)17-9-4-14(20)11-18(17)21/h4-9,11,13H,3,10,12H2,1-2H3,(H,22,23). The fourth-order valence-electron chi connectivity index (χ4n) is 2.21. The van der Waals surface area contributed by atoms with Gasteiger partial charge in [-0.2, -0.15) is 0 Å². The maximum Gasteiger partial charge on any atom is 0.258 e. The molecular formula is C19H21F2NO3. The molecule has 2 aromatic rings. The fraction of sp³-hybridized carbons (Fsp3) is 0.316. The number of hydrogen-bond donors (Lipinski definition) is 1. The third-order valence-corrected chi connectivity index (χ3v) is 3.47. The Hall–Kier alpha value is -2.63. The van der Waals surface area contributed by atoms with Crippen molar-refractivity contribution in [3.63, 3.8) is 0 Å². The van der Waals surface area contributed by atoms with E-state index in [9.17, 15) is 13.6 Å². The van der Waals surface area contributed by atoms with E-state index in [2.05, 4.69) is 5.32 Å². The summed E-state index contributed by atoms with van der Waals surface area (Å²) in [6.45, 7) is 4.08. The number of hydrogen-bond acceptors (Lipinski definition) is 3. The smallest absolute Gasteiger partial charge is 0.258 e. The molecule has 1 N–H and O–H groups in total. The first-order valence-electron chi connectivity index (χ1n) is 8.09. The zero-order chi connectivity index (χ0) is 18.2. The molecule has 1 atom stereocenters. The minimum Gasteiger partial charge on any atom is -0.494 e. The van der Waals surface area contributed by atoms with E-state index in [-0.39, 0.29) is 12.2 Å². The van der Waals surface area contributed by atoms with Crippen LogP contribution in [0, 0.1) is 11.6 Å². The molecular weight excluding hydrogens is 328 g/mol. The average Bonchev–Trinajstić information content (AvgIpc) is 2.59. The Morgan fingerprint density at radius 2 is 1.72 bits per heavy atom. The maximum absolute atomic E-state index is 13.7. The molecule has 2 rings (SSSR count). The number of rotatable bonds is 8. The lowest BCUT2D eigenvalue weighted by atomic mass is 10.1. The predicted molar refractivity (Wildman–Crippen MR) is 90.6 cm³/mol. The molecule has 0 aliphatic carbocycles. The Labute approximate surface area is 145 Å². The van der Waals surface area contributed by atoms with Gasteiger partial charge in [0.1, 0.15) is 23.1 Å². The van der Waals surface area contributed by atoms with Crippen LogP contribution in [-0.2, 0) is 4.79 Å². The van der Waals surface area contributed by atoms with E-state index in [1.807, 2.05) is 6.92 Å². The number of benzene rings is 2. The van der Waals surface area contributed by atoms with Gasteiger partial charge in [-0.3, -0.25) is 4.79 Å². The van der Waals surface area contributed by atoms with Crippen LogP contribution >= 0.6 is 0 Å². The van der Waals surface area contributed by atoms with E-state index in [4.69, 9.17) is 9.47 Å². The van der Waals surface area contributed by atoms with Gasteiger partial charge >= 0.3 is 0 Å². The Balaban J connectivity index is 1.83. The summed E-state index contributed by atoms with van der Waals surface area (Å²) in [5.74, 6) is -0.493. The minimum absolute atomic E-state index is 0.206. The number of nitrogens with one attached hydrogen (secondary N) is 1. The Kier molecular flexibility index (Phi) is 6.74. The summed E-state index contributed by atoms with van der Waals surface area (Å²) in [5, 5.41) is 2.61. The average molecular weight is 349 g/mol. The van der Waals surface area contributed by atoms with Crippen LogP contribution in [0.3, 0.4) is 0 Å². The molecule has 134 valence electrons. The zero-order valence-electron chi connectivity index (χ0n) is 14.2. The van der Waals surface area contributed by atoms with E-state index in [0.29, 0.717) is 12.4 Å². The minimum atomic E-state index is -0.698. The van der Waals surface area contributed by atoms with Crippen molar-refractivity contribution >= 4 is 5.91 Å². The molecule has 4 nitrogen and oxygen atoms in total. The molecule has 0 aromatic heterocycles. The van der Waals surface area contributed by atoms with Gasteiger partial charge in [0.25, 0.3) is 5.91 Å². The van der Waals surface area contributed by atoms with Crippen LogP contribution < -0.4 is 14.8 Å². The molecule has 0 fully saturated rings. The van der Waals surface area contributed by atoms with Crippen LogP contribution in [0.2, 0.25) is 0 Å². The van der Waals surface area contributed by atoms with Gasteiger partial charge in [-0.1, -0.05) is 13.0 Å². The molecule has 0 spiro atoms. The summed E-state index contributed by atoms with van der Waals surface area (Å²) >= 11 is 0. The molecule has 0 saturated heterocycles. The molecule has 1 unspecified atom stereocenters. The largest absolute Gasteiger partial charge is 0.494 e. The van der Waals surface area contributed by atoms with E-state index in [1.54, 1.807) is 31.2 Å². The molecule has 0 aliphatic rings. The normalized spacial score (nSPS) is 11.7. The van der Waals surface area contributed by atoms with Gasteiger partial charge in [0.05, 0.1) is 12.6 Å². The summed E-state index contributed by atoms with van der Waals surface area (Å²) in [6.07, 6.45) is 0.922. The highest BCUT2D eigenvalue weighted by atomic mass is 19.1. The van der Waals surface area contributed by atoms with Crippen LogP contribution in [0.1, 0.15) is 31.9 Å². The first-order valence-corrected chi connectivity index (χ1v) is 8.09. The number of amides is 1. The van der Waals surface area contributed by atoms with Crippen molar-refractivity contribution in [1.29, 1.82) is 0 Å². The first-order chi connectivity index (χ1) is 12.0. The molecule has 2 aromatic carbocycles. The van der Waals surface area contributed by atoms with E-state index >= 15 is 0 Å².